The number of nitro benzene ring substituents is 1. The molecule has 24 heavy (non-hydrogen) atoms. The number of hydrogen-bond donors (Lipinski definition) is 2. The zero-order valence-corrected chi connectivity index (χ0v) is 13.5. The molecule has 0 atom stereocenters. The van der Waals surface area contributed by atoms with Gasteiger partial charge in [-0.3, -0.25) is 19.7 Å². The van der Waals surface area contributed by atoms with Crippen molar-refractivity contribution in [1.82, 2.24) is 0 Å². The van der Waals surface area contributed by atoms with E-state index in [1.165, 1.54) is 12.1 Å². The van der Waals surface area contributed by atoms with Crippen LogP contribution in [-0.4, -0.2) is 16.7 Å². The topological polar surface area (TPSA) is 101 Å². The third-order valence-corrected chi connectivity index (χ3v) is 3.59. The van der Waals surface area contributed by atoms with Crippen LogP contribution in [0.15, 0.2) is 42.5 Å². The fraction of sp³-hybridized carbons (Fsp3) is 0.125. The van der Waals surface area contributed by atoms with Crippen LogP contribution >= 0.6 is 11.6 Å². The van der Waals surface area contributed by atoms with Crippen LogP contribution < -0.4 is 10.6 Å². The standard InChI is InChI=1S/C16H14ClN3O4/c1-2-10-5-3-4-6-13(10)18-15(21)16(22)19-14-9-11(20(23)24)7-8-12(14)17/h3-9H,2H2,1H3,(H,18,21)(H,19,22). The fourth-order valence-electron chi connectivity index (χ4n) is 2.03. The summed E-state index contributed by atoms with van der Waals surface area (Å²) in [6, 6.07) is 10.7. The van der Waals surface area contributed by atoms with E-state index in [2.05, 4.69) is 10.6 Å². The highest BCUT2D eigenvalue weighted by atomic mass is 35.5. The first-order chi connectivity index (χ1) is 11.4. The predicted octanol–water partition coefficient (Wildman–Crippen LogP) is 3.39. The lowest BCUT2D eigenvalue weighted by atomic mass is 10.1. The van der Waals surface area contributed by atoms with Crippen molar-refractivity contribution in [1.29, 1.82) is 0 Å². The van der Waals surface area contributed by atoms with Gasteiger partial charge in [-0.15, -0.1) is 0 Å². The molecule has 124 valence electrons. The minimum atomic E-state index is -0.969. The molecule has 0 spiro atoms. The maximum Gasteiger partial charge on any atom is 0.314 e. The molecule has 0 bridgehead atoms. The number of carbonyl (C=O) groups is 2. The molecule has 7 nitrogen and oxygen atoms in total. The first kappa shape index (κ1) is 17.4. The SMILES string of the molecule is CCc1ccccc1NC(=O)C(=O)Nc1cc([N+](=O)[O-])ccc1Cl. The first-order valence-corrected chi connectivity index (χ1v) is 7.44. The Morgan fingerprint density at radius 3 is 2.33 bits per heavy atom. The number of rotatable bonds is 4. The average molecular weight is 348 g/mol. The smallest absolute Gasteiger partial charge is 0.314 e. The van der Waals surface area contributed by atoms with Crippen molar-refractivity contribution in [3.8, 4) is 0 Å². The fourth-order valence-corrected chi connectivity index (χ4v) is 2.20. The van der Waals surface area contributed by atoms with Crippen LogP contribution in [0.25, 0.3) is 0 Å². The van der Waals surface area contributed by atoms with Crippen LogP contribution in [0.3, 0.4) is 0 Å². The van der Waals surface area contributed by atoms with Crippen LogP contribution in [0.4, 0.5) is 17.1 Å². The molecular weight excluding hydrogens is 334 g/mol. The number of aryl methyl sites for hydroxylation is 1. The normalized spacial score (nSPS) is 10.1. The molecule has 0 aliphatic heterocycles. The predicted molar refractivity (Wildman–Crippen MR) is 91.2 cm³/mol. The number of benzene rings is 2. The number of nitrogens with zero attached hydrogens (tertiary/aromatic N) is 1. The molecule has 0 aromatic heterocycles. The van der Waals surface area contributed by atoms with E-state index in [0.717, 1.165) is 11.6 Å². The van der Waals surface area contributed by atoms with Crippen LogP contribution in [0.1, 0.15) is 12.5 Å². The molecule has 0 aliphatic rings. The van der Waals surface area contributed by atoms with Crippen LogP contribution in [-0.2, 0) is 16.0 Å². The van der Waals surface area contributed by atoms with E-state index in [1.54, 1.807) is 12.1 Å². The number of carbonyl (C=O) groups excluding carboxylic acids is 2. The van der Waals surface area contributed by atoms with Crippen molar-refractivity contribution < 1.29 is 14.5 Å². The van der Waals surface area contributed by atoms with Gasteiger partial charge < -0.3 is 10.6 Å². The summed E-state index contributed by atoms with van der Waals surface area (Å²) in [5.74, 6) is -1.86. The monoisotopic (exact) mass is 347 g/mol. The highest BCUT2D eigenvalue weighted by Crippen LogP contribution is 2.26. The molecule has 0 aliphatic carbocycles. The Morgan fingerprint density at radius 1 is 1.08 bits per heavy atom. The number of nitro groups is 1. The first-order valence-electron chi connectivity index (χ1n) is 7.06. The van der Waals surface area contributed by atoms with Gasteiger partial charge in [0.15, 0.2) is 0 Å². The molecule has 8 heteroatoms. The van der Waals surface area contributed by atoms with Crippen molar-refractivity contribution in [2.75, 3.05) is 10.6 Å². The van der Waals surface area contributed by atoms with Gasteiger partial charge in [-0.05, 0) is 24.1 Å². The van der Waals surface area contributed by atoms with E-state index in [1.807, 2.05) is 19.1 Å². The Kier molecular flexibility index (Phi) is 5.49. The quantitative estimate of drug-likeness (QED) is 0.502. The average Bonchev–Trinajstić information content (AvgIpc) is 2.57. The Hall–Kier alpha value is -2.93. The van der Waals surface area contributed by atoms with E-state index in [9.17, 15) is 19.7 Å². The molecule has 2 amide bonds. The van der Waals surface area contributed by atoms with E-state index < -0.39 is 16.7 Å². The van der Waals surface area contributed by atoms with Gasteiger partial charge in [-0.2, -0.15) is 0 Å². The molecule has 0 saturated carbocycles. The minimum absolute atomic E-state index is 0.00482. The lowest BCUT2D eigenvalue weighted by molar-refractivity contribution is -0.384. The second kappa shape index (κ2) is 7.56. The van der Waals surface area contributed by atoms with Crippen molar-refractivity contribution in [2.24, 2.45) is 0 Å². The number of amides is 2. The maximum absolute atomic E-state index is 12.0. The molecule has 2 aromatic carbocycles. The number of para-hydroxylation sites is 1. The molecule has 0 unspecified atom stereocenters. The summed E-state index contributed by atoms with van der Waals surface area (Å²) >= 11 is 5.89. The van der Waals surface area contributed by atoms with Crippen LogP contribution in [0, 0.1) is 10.1 Å². The van der Waals surface area contributed by atoms with Gasteiger partial charge in [-0.1, -0.05) is 36.7 Å². The maximum atomic E-state index is 12.0. The largest absolute Gasteiger partial charge is 0.318 e. The van der Waals surface area contributed by atoms with Gasteiger partial charge in [0.1, 0.15) is 0 Å². The highest BCUT2D eigenvalue weighted by Gasteiger charge is 2.18. The van der Waals surface area contributed by atoms with Gasteiger partial charge in [0.2, 0.25) is 0 Å². The highest BCUT2D eigenvalue weighted by molar-refractivity contribution is 6.44. The third-order valence-electron chi connectivity index (χ3n) is 3.26. The van der Waals surface area contributed by atoms with E-state index in [-0.39, 0.29) is 16.4 Å². The summed E-state index contributed by atoms with van der Waals surface area (Å²) < 4.78 is 0. The zero-order valence-electron chi connectivity index (χ0n) is 12.7. The number of hydrogen-bond acceptors (Lipinski definition) is 4. The number of nitrogens with one attached hydrogen (secondary N) is 2. The molecule has 0 radical (unpaired) electrons. The molecule has 2 aromatic rings. The number of halogens is 1. The van der Waals surface area contributed by atoms with Crippen molar-refractivity contribution in [3.05, 3.63) is 63.2 Å². The summed E-state index contributed by atoms with van der Waals surface area (Å²) in [5.41, 5.74) is 1.17. The van der Waals surface area contributed by atoms with E-state index >= 15 is 0 Å². The zero-order chi connectivity index (χ0) is 17.7. The van der Waals surface area contributed by atoms with Crippen LogP contribution in [0.2, 0.25) is 5.02 Å². The second-order valence-electron chi connectivity index (χ2n) is 4.84. The van der Waals surface area contributed by atoms with Crippen molar-refractivity contribution in [3.63, 3.8) is 0 Å². The van der Waals surface area contributed by atoms with Gasteiger partial charge >= 0.3 is 11.8 Å². The van der Waals surface area contributed by atoms with Gasteiger partial charge in [0.05, 0.1) is 15.6 Å². The molecular formula is C16H14ClN3O4. The Morgan fingerprint density at radius 2 is 1.71 bits per heavy atom. The van der Waals surface area contributed by atoms with Crippen molar-refractivity contribution >= 4 is 40.5 Å². The van der Waals surface area contributed by atoms with E-state index in [0.29, 0.717) is 12.1 Å². The Balaban J connectivity index is 2.13. The Labute approximate surface area is 142 Å². The lowest BCUT2D eigenvalue weighted by Crippen LogP contribution is -2.29. The van der Waals surface area contributed by atoms with Crippen molar-refractivity contribution in [2.45, 2.75) is 13.3 Å². The van der Waals surface area contributed by atoms with Gasteiger partial charge in [-0.25, -0.2) is 0 Å². The molecule has 0 saturated heterocycles. The summed E-state index contributed by atoms with van der Waals surface area (Å²) in [4.78, 5) is 34.2. The molecule has 0 fully saturated rings. The number of non-ortho nitro benzene ring substituents is 1. The Bertz CT molecular complexity index is 808. The summed E-state index contributed by atoms with van der Waals surface area (Å²) in [5, 5.41) is 15.6. The summed E-state index contributed by atoms with van der Waals surface area (Å²) in [6.07, 6.45) is 0.689. The minimum Gasteiger partial charge on any atom is -0.318 e. The third kappa shape index (κ3) is 4.08. The lowest BCUT2D eigenvalue weighted by Gasteiger charge is -2.10. The number of anilines is 2. The summed E-state index contributed by atoms with van der Waals surface area (Å²) in [6.45, 7) is 1.92. The molecule has 0 heterocycles. The second-order valence-corrected chi connectivity index (χ2v) is 5.25. The molecule has 2 N–H and O–H groups in total. The molecule has 2 rings (SSSR count). The van der Waals surface area contributed by atoms with Gasteiger partial charge in [0, 0.05) is 17.8 Å². The van der Waals surface area contributed by atoms with Crippen LogP contribution in [0.5, 0.6) is 0 Å². The summed E-state index contributed by atoms with van der Waals surface area (Å²) in [7, 11) is 0. The van der Waals surface area contributed by atoms with E-state index in [4.69, 9.17) is 11.6 Å². The van der Waals surface area contributed by atoms with Gasteiger partial charge in [0.25, 0.3) is 5.69 Å².